The van der Waals surface area contributed by atoms with Gasteiger partial charge in [0, 0.05) is 20.2 Å². The molecule has 0 aromatic carbocycles. The topological polar surface area (TPSA) is 33.3 Å². The molecule has 0 unspecified atom stereocenters. The van der Waals surface area contributed by atoms with Crippen LogP contribution in [0.4, 0.5) is 0 Å². The first-order valence-electron chi connectivity index (χ1n) is 6.29. The predicted molar refractivity (Wildman–Crippen MR) is 64.2 cm³/mol. The van der Waals surface area contributed by atoms with Gasteiger partial charge in [0.25, 0.3) is 0 Å². The normalized spacial score (nSPS) is 18.8. The van der Waals surface area contributed by atoms with Gasteiger partial charge in [0.1, 0.15) is 0 Å². The first kappa shape index (κ1) is 12.9. The first-order valence-corrected chi connectivity index (χ1v) is 6.29. The van der Waals surface area contributed by atoms with E-state index in [2.05, 4.69) is 17.6 Å². The molecule has 1 aliphatic carbocycles. The second-order valence-electron chi connectivity index (χ2n) is 4.49. The van der Waals surface area contributed by atoms with Gasteiger partial charge in [-0.1, -0.05) is 6.92 Å². The van der Waals surface area contributed by atoms with E-state index in [9.17, 15) is 0 Å². The largest absolute Gasteiger partial charge is 0.378 e. The number of hydrogen-bond donors (Lipinski definition) is 2. The van der Waals surface area contributed by atoms with E-state index in [4.69, 9.17) is 4.74 Å². The molecule has 1 rings (SSSR count). The molecule has 15 heavy (non-hydrogen) atoms. The van der Waals surface area contributed by atoms with Crippen molar-refractivity contribution in [3.63, 3.8) is 0 Å². The van der Waals surface area contributed by atoms with Crippen molar-refractivity contribution in [2.45, 2.75) is 44.6 Å². The van der Waals surface area contributed by atoms with Gasteiger partial charge in [-0.15, -0.1) is 0 Å². The van der Waals surface area contributed by atoms with E-state index in [-0.39, 0.29) is 5.60 Å². The Hall–Kier alpha value is -0.120. The molecule has 0 aromatic rings. The van der Waals surface area contributed by atoms with Crippen LogP contribution in [0.25, 0.3) is 0 Å². The van der Waals surface area contributed by atoms with Gasteiger partial charge in [-0.05, 0) is 45.2 Å². The summed E-state index contributed by atoms with van der Waals surface area (Å²) in [5, 5.41) is 6.84. The maximum atomic E-state index is 5.56. The van der Waals surface area contributed by atoms with Crippen molar-refractivity contribution >= 4 is 0 Å². The van der Waals surface area contributed by atoms with Gasteiger partial charge < -0.3 is 15.4 Å². The van der Waals surface area contributed by atoms with Gasteiger partial charge in [-0.3, -0.25) is 0 Å². The van der Waals surface area contributed by atoms with Crippen LogP contribution in [0.1, 0.15) is 39.0 Å². The summed E-state index contributed by atoms with van der Waals surface area (Å²) in [6.45, 7) is 6.55. The zero-order valence-electron chi connectivity index (χ0n) is 10.3. The lowest BCUT2D eigenvalue weighted by molar-refractivity contribution is -0.0767. The summed E-state index contributed by atoms with van der Waals surface area (Å²) in [4.78, 5) is 0. The predicted octanol–water partition coefficient (Wildman–Crippen LogP) is 1.53. The highest BCUT2D eigenvalue weighted by atomic mass is 16.5. The van der Waals surface area contributed by atoms with Crippen molar-refractivity contribution < 1.29 is 4.74 Å². The van der Waals surface area contributed by atoms with E-state index in [1.54, 1.807) is 0 Å². The molecule has 0 spiro atoms. The highest BCUT2D eigenvalue weighted by Gasteiger charge is 2.35. The summed E-state index contributed by atoms with van der Waals surface area (Å²) in [6, 6.07) is 0. The molecule has 0 amide bonds. The van der Waals surface area contributed by atoms with Crippen molar-refractivity contribution in [2.75, 3.05) is 33.3 Å². The van der Waals surface area contributed by atoms with Crippen LogP contribution in [0.3, 0.4) is 0 Å². The van der Waals surface area contributed by atoms with Gasteiger partial charge >= 0.3 is 0 Å². The molecule has 0 aliphatic heterocycles. The molecule has 1 aliphatic rings. The third-order valence-electron chi connectivity index (χ3n) is 3.36. The van der Waals surface area contributed by atoms with Crippen LogP contribution in [-0.4, -0.2) is 38.9 Å². The molecule has 3 heteroatoms. The summed E-state index contributed by atoms with van der Waals surface area (Å²) in [5.41, 5.74) is 0.226. The fourth-order valence-corrected chi connectivity index (χ4v) is 2.05. The van der Waals surface area contributed by atoms with Crippen molar-refractivity contribution in [2.24, 2.45) is 0 Å². The Bertz CT molecular complexity index is 152. The highest BCUT2D eigenvalue weighted by Crippen LogP contribution is 2.37. The third-order valence-corrected chi connectivity index (χ3v) is 3.36. The van der Waals surface area contributed by atoms with E-state index in [1.807, 2.05) is 7.11 Å². The quantitative estimate of drug-likeness (QED) is 0.571. The van der Waals surface area contributed by atoms with Crippen LogP contribution in [0.5, 0.6) is 0 Å². The van der Waals surface area contributed by atoms with Crippen LogP contribution >= 0.6 is 0 Å². The number of hydrogen-bond acceptors (Lipinski definition) is 3. The number of methoxy groups -OCH3 is 1. The smallest absolute Gasteiger partial charge is 0.0690 e. The Balaban J connectivity index is 1.88. The molecule has 0 radical (unpaired) electrons. The third kappa shape index (κ3) is 4.49. The number of rotatable bonds is 9. The average molecular weight is 214 g/mol. The van der Waals surface area contributed by atoms with Crippen LogP contribution in [0.2, 0.25) is 0 Å². The second kappa shape index (κ2) is 7.20. The molecule has 0 saturated heterocycles. The van der Waals surface area contributed by atoms with Gasteiger partial charge in [0.2, 0.25) is 0 Å². The molecule has 0 atom stereocenters. The average Bonchev–Trinajstić information content (AvgIpc) is 2.20. The molecular weight excluding hydrogens is 188 g/mol. The molecular formula is C12H26N2O. The molecule has 0 aromatic heterocycles. The lowest BCUT2D eigenvalue weighted by atomic mass is 9.77. The summed E-state index contributed by atoms with van der Waals surface area (Å²) in [5.74, 6) is 0. The Morgan fingerprint density at radius 2 is 1.73 bits per heavy atom. The fourth-order valence-electron chi connectivity index (χ4n) is 2.05. The van der Waals surface area contributed by atoms with Gasteiger partial charge in [-0.2, -0.15) is 0 Å². The lowest BCUT2D eigenvalue weighted by Gasteiger charge is -2.40. The Morgan fingerprint density at radius 3 is 2.20 bits per heavy atom. The van der Waals surface area contributed by atoms with Crippen LogP contribution in [0.15, 0.2) is 0 Å². The zero-order chi connectivity index (χ0) is 11.0. The fraction of sp³-hybridized carbons (Fsp3) is 1.00. The Morgan fingerprint density at radius 1 is 1.07 bits per heavy atom. The summed E-state index contributed by atoms with van der Waals surface area (Å²) < 4.78 is 5.56. The monoisotopic (exact) mass is 214 g/mol. The van der Waals surface area contributed by atoms with Crippen LogP contribution < -0.4 is 10.6 Å². The standard InChI is InChI=1S/C12H26N2O/c1-3-8-13-10-11-14-9-7-12(15-2)5-4-6-12/h13-14H,3-11H2,1-2H3. The minimum atomic E-state index is 0.226. The maximum absolute atomic E-state index is 5.56. The maximum Gasteiger partial charge on any atom is 0.0690 e. The summed E-state index contributed by atoms with van der Waals surface area (Å²) >= 11 is 0. The SMILES string of the molecule is CCCNCCNCCC1(OC)CCC1. The summed E-state index contributed by atoms with van der Waals surface area (Å²) in [7, 11) is 1.85. The van der Waals surface area contributed by atoms with Crippen molar-refractivity contribution in [1.82, 2.24) is 10.6 Å². The van der Waals surface area contributed by atoms with Crippen molar-refractivity contribution in [3.05, 3.63) is 0 Å². The lowest BCUT2D eigenvalue weighted by Crippen LogP contribution is -2.42. The molecule has 1 fully saturated rings. The van der Waals surface area contributed by atoms with E-state index < -0.39 is 0 Å². The first-order chi connectivity index (χ1) is 7.33. The van der Waals surface area contributed by atoms with Crippen LogP contribution in [-0.2, 0) is 4.74 Å². The minimum absolute atomic E-state index is 0.226. The van der Waals surface area contributed by atoms with Crippen LogP contribution in [0, 0.1) is 0 Å². The Labute approximate surface area is 94.0 Å². The van der Waals surface area contributed by atoms with Crippen molar-refractivity contribution in [3.8, 4) is 0 Å². The molecule has 0 bridgehead atoms. The van der Waals surface area contributed by atoms with E-state index in [0.29, 0.717) is 0 Å². The second-order valence-corrected chi connectivity index (χ2v) is 4.49. The molecule has 0 heterocycles. The molecule has 2 N–H and O–H groups in total. The molecule has 1 saturated carbocycles. The van der Waals surface area contributed by atoms with Gasteiger partial charge in [0.05, 0.1) is 5.60 Å². The van der Waals surface area contributed by atoms with E-state index in [1.165, 1.54) is 25.7 Å². The molecule has 3 nitrogen and oxygen atoms in total. The minimum Gasteiger partial charge on any atom is -0.378 e. The Kier molecular flexibility index (Phi) is 6.22. The number of nitrogens with one attached hydrogen (secondary N) is 2. The molecule has 90 valence electrons. The van der Waals surface area contributed by atoms with Gasteiger partial charge in [0.15, 0.2) is 0 Å². The summed E-state index contributed by atoms with van der Waals surface area (Å²) in [6.07, 6.45) is 6.22. The van der Waals surface area contributed by atoms with Gasteiger partial charge in [-0.25, -0.2) is 0 Å². The van der Waals surface area contributed by atoms with Crippen molar-refractivity contribution in [1.29, 1.82) is 0 Å². The van der Waals surface area contributed by atoms with E-state index in [0.717, 1.165) is 32.6 Å². The zero-order valence-corrected chi connectivity index (χ0v) is 10.3. The number of ether oxygens (including phenoxy) is 1. The highest BCUT2D eigenvalue weighted by molar-refractivity contribution is 4.89. The van der Waals surface area contributed by atoms with E-state index >= 15 is 0 Å².